The molecule has 1 atom stereocenters. The first-order valence-electron chi connectivity index (χ1n) is 19.0. The van der Waals surface area contributed by atoms with Gasteiger partial charge in [0.05, 0.1) is 28.6 Å². The summed E-state index contributed by atoms with van der Waals surface area (Å²) >= 11 is 0. The lowest BCUT2D eigenvalue weighted by Gasteiger charge is -2.37. The Bertz CT molecular complexity index is 2370. The normalized spacial score (nSPS) is 19.3. The molecule has 3 aliphatic heterocycles. The lowest BCUT2D eigenvalue weighted by molar-refractivity contribution is -0.136. The number of fused-ring (bicyclic) bond motifs is 2. The Balaban J connectivity index is 0.906. The van der Waals surface area contributed by atoms with E-state index in [0.29, 0.717) is 28.4 Å². The SMILES string of the molecule is CC(=O)c1c(C)c2cnc(Nc3ccc(N4CCC(N(C)Cc5ccc6c(c5F)C(=O)N(C5CCC(=O)NC5=O)C6=O)CC4)cn3)nc2n(C2CCCC2)c1=O. The number of rotatable bonds is 9. The highest BCUT2D eigenvalue weighted by molar-refractivity contribution is 6.23. The molecule has 56 heavy (non-hydrogen) atoms. The first-order chi connectivity index (χ1) is 26.9. The largest absolute Gasteiger partial charge is 0.370 e. The molecule has 290 valence electrons. The topological polar surface area (TPSA) is 180 Å². The summed E-state index contributed by atoms with van der Waals surface area (Å²) in [5.41, 5.74) is 1.77. The summed E-state index contributed by atoms with van der Waals surface area (Å²) in [6.07, 6.45) is 8.74. The Labute approximate surface area is 321 Å². The first kappa shape index (κ1) is 37.0. The van der Waals surface area contributed by atoms with Crippen molar-refractivity contribution >= 4 is 57.9 Å². The molecule has 0 bridgehead atoms. The maximum absolute atomic E-state index is 15.9. The van der Waals surface area contributed by atoms with Crippen molar-refractivity contribution in [3.63, 3.8) is 0 Å². The van der Waals surface area contributed by atoms with Crippen molar-refractivity contribution in [1.29, 1.82) is 0 Å². The number of amides is 4. The van der Waals surface area contributed by atoms with E-state index in [2.05, 4.69) is 25.5 Å². The van der Waals surface area contributed by atoms with Gasteiger partial charge in [0.15, 0.2) is 5.78 Å². The van der Waals surface area contributed by atoms with Crippen LogP contribution in [0.25, 0.3) is 11.0 Å². The molecular weight excluding hydrogens is 721 g/mol. The molecule has 6 heterocycles. The molecule has 0 radical (unpaired) electrons. The Kier molecular flexibility index (Phi) is 9.68. The second-order valence-electron chi connectivity index (χ2n) is 15.2. The number of hydrogen-bond donors (Lipinski definition) is 2. The fraction of sp³-hybridized carbons (Fsp3) is 0.425. The fourth-order valence-electron chi connectivity index (χ4n) is 8.72. The summed E-state index contributed by atoms with van der Waals surface area (Å²) in [5, 5.41) is 6.00. The van der Waals surface area contributed by atoms with Gasteiger partial charge in [-0.05, 0) is 76.8 Å². The second kappa shape index (κ2) is 14.6. The van der Waals surface area contributed by atoms with Crippen LogP contribution in [-0.2, 0) is 16.1 Å². The van der Waals surface area contributed by atoms with E-state index < -0.39 is 35.5 Å². The molecular formula is C40H42FN9O6. The molecule has 3 aromatic heterocycles. The third-order valence-electron chi connectivity index (χ3n) is 11.7. The monoisotopic (exact) mass is 763 g/mol. The van der Waals surface area contributed by atoms with Crippen LogP contribution in [0.4, 0.5) is 21.8 Å². The van der Waals surface area contributed by atoms with Gasteiger partial charge in [-0.25, -0.2) is 14.4 Å². The summed E-state index contributed by atoms with van der Waals surface area (Å²) in [4.78, 5) is 95.3. The summed E-state index contributed by atoms with van der Waals surface area (Å²) in [7, 11) is 1.91. The molecule has 1 aliphatic carbocycles. The third-order valence-corrected chi connectivity index (χ3v) is 11.7. The third kappa shape index (κ3) is 6.50. The van der Waals surface area contributed by atoms with Gasteiger partial charge in [-0.3, -0.25) is 48.5 Å². The molecule has 0 spiro atoms. The predicted octanol–water partition coefficient (Wildman–Crippen LogP) is 4.20. The first-order valence-corrected chi connectivity index (χ1v) is 19.0. The minimum atomic E-state index is -1.16. The lowest BCUT2D eigenvalue weighted by Crippen LogP contribution is -2.54. The molecule has 2 N–H and O–H groups in total. The summed E-state index contributed by atoms with van der Waals surface area (Å²) < 4.78 is 17.5. The smallest absolute Gasteiger partial charge is 0.265 e. The minimum Gasteiger partial charge on any atom is -0.370 e. The summed E-state index contributed by atoms with van der Waals surface area (Å²) in [6.45, 7) is 4.87. The number of carbonyl (C=O) groups is 5. The van der Waals surface area contributed by atoms with Gasteiger partial charge in [0.25, 0.3) is 17.4 Å². The number of aromatic nitrogens is 4. The van der Waals surface area contributed by atoms with Crippen LogP contribution in [0.2, 0.25) is 0 Å². The van der Waals surface area contributed by atoms with Gasteiger partial charge < -0.3 is 10.2 Å². The number of pyridine rings is 2. The number of Topliss-reactive ketones (excluding diaryl/α,β-unsaturated/α-hetero) is 1. The van der Waals surface area contributed by atoms with E-state index in [-0.39, 0.29) is 65.1 Å². The Hall–Kier alpha value is -5.90. The number of ketones is 1. The van der Waals surface area contributed by atoms with E-state index in [1.807, 2.05) is 24.1 Å². The average Bonchev–Trinajstić information content (AvgIpc) is 3.79. The molecule has 8 rings (SSSR count). The number of imide groups is 2. The van der Waals surface area contributed by atoms with Crippen LogP contribution in [0.5, 0.6) is 0 Å². The number of carbonyl (C=O) groups excluding carboxylic acids is 5. The van der Waals surface area contributed by atoms with Crippen molar-refractivity contribution < 1.29 is 28.4 Å². The highest BCUT2D eigenvalue weighted by Gasteiger charge is 2.46. The number of nitrogens with zero attached hydrogens (tertiary/aromatic N) is 7. The van der Waals surface area contributed by atoms with E-state index in [1.165, 1.54) is 19.1 Å². The maximum atomic E-state index is 15.9. The van der Waals surface area contributed by atoms with Gasteiger partial charge in [0.2, 0.25) is 17.8 Å². The Morgan fingerprint density at radius 3 is 2.39 bits per heavy atom. The van der Waals surface area contributed by atoms with Gasteiger partial charge in [-0.15, -0.1) is 0 Å². The fourth-order valence-corrected chi connectivity index (χ4v) is 8.72. The lowest BCUT2D eigenvalue weighted by atomic mass is 10.0. The van der Waals surface area contributed by atoms with Crippen molar-refractivity contribution in [1.82, 2.24) is 34.6 Å². The van der Waals surface area contributed by atoms with Crippen LogP contribution >= 0.6 is 0 Å². The van der Waals surface area contributed by atoms with Gasteiger partial charge in [-0.2, -0.15) is 4.98 Å². The van der Waals surface area contributed by atoms with Crippen molar-refractivity contribution in [2.45, 2.75) is 89.9 Å². The van der Waals surface area contributed by atoms with E-state index in [0.717, 1.165) is 62.2 Å². The molecule has 1 unspecified atom stereocenters. The number of hydrogen-bond acceptors (Lipinski definition) is 12. The van der Waals surface area contributed by atoms with Crippen LogP contribution in [0.1, 0.15) is 107 Å². The van der Waals surface area contributed by atoms with Crippen LogP contribution in [0, 0.1) is 12.7 Å². The van der Waals surface area contributed by atoms with E-state index >= 15 is 4.39 Å². The molecule has 2 saturated heterocycles. The molecule has 4 aromatic rings. The number of halogens is 1. The highest BCUT2D eigenvalue weighted by Crippen LogP contribution is 2.34. The van der Waals surface area contributed by atoms with Gasteiger partial charge in [-0.1, -0.05) is 18.9 Å². The number of benzene rings is 1. The van der Waals surface area contributed by atoms with Crippen LogP contribution in [0.15, 0.2) is 41.5 Å². The molecule has 1 aromatic carbocycles. The average molecular weight is 764 g/mol. The maximum Gasteiger partial charge on any atom is 0.265 e. The van der Waals surface area contributed by atoms with Gasteiger partial charge >= 0.3 is 0 Å². The highest BCUT2D eigenvalue weighted by atomic mass is 19.1. The van der Waals surface area contributed by atoms with Crippen molar-refractivity contribution in [2.75, 3.05) is 30.4 Å². The predicted molar refractivity (Wildman–Crippen MR) is 203 cm³/mol. The van der Waals surface area contributed by atoms with Crippen molar-refractivity contribution in [2.24, 2.45) is 0 Å². The zero-order valence-electron chi connectivity index (χ0n) is 31.4. The number of nitrogens with one attached hydrogen (secondary N) is 2. The number of aryl methyl sites for hydroxylation is 1. The van der Waals surface area contributed by atoms with Crippen LogP contribution < -0.4 is 21.1 Å². The molecule has 16 heteroatoms. The molecule has 4 aliphatic rings. The Morgan fingerprint density at radius 1 is 0.964 bits per heavy atom. The minimum absolute atomic E-state index is 0.000119. The van der Waals surface area contributed by atoms with Crippen LogP contribution in [0.3, 0.4) is 0 Å². The van der Waals surface area contributed by atoms with Gasteiger partial charge in [0, 0.05) is 55.3 Å². The summed E-state index contributed by atoms with van der Waals surface area (Å²) in [6, 6.07) is 5.72. The zero-order chi connectivity index (χ0) is 39.4. The standard InChI is InChI=1S/C40H42FN9O6/c1-21-28-19-43-40(46-35(28)49(25-6-4-5-7-25)38(55)32(21)22(2)51)44-30-12-9-26(18-42-30)48-16-14-24(15-17-48)47(3)20-23-8-10-27-33(34(23)41)39(56)50(37(27)54)29-11-13-31(52)45-36(29)53/h8-10,12,18-19,24-25,29H,4-7,11,13-17,20H2,1-3H3,(H,45,52,53)(H,42,43,44,46). The quantitative estimate of drug-likeness (QED) is 0.184. The second-order valence-corrected chi connectivity index (χ2v) is 15.2. The van der Waals surface area contributed by atoms with Gasteiger partial charge in [0.1, 0.15) is 23.3 Å². The van der Waals surface area contributed by atoms with Crippen molar-refractivity contribution in [3.8, 4) is 0 Å². The van der Waals surface area contributed by atoms with E-state index in [1.54, 1.807) is 23.9 Å². The number of piperidine rings is 2. The Morgan fingerprint density at radius 2 is 1.71 bits per heavy atom. The van der Waals surface area contributed by atoms with E-state index in [9.17, 15) is 28.8 Å². The molecule has 3 fully saturated rings. The summed E-state index contributed by atoms with van der Waals surface area (Å²) in [5.74, 6) is -3.02. The zero-order valence-corrected chi connectivity index (χ0v) is 31.4. The molecule has 1 saturated carbocycles. The molecule has 4 amide bonds. The van der Waals surface area contributed by atoms with Crippen LogP contribution in [-0.4, -0.2) is 91.0 Å². The van der Waals surface area contributed by atoms with E-state index in [4.69, 9.17) is 4.98 Å². The molecule has 15 nitrogen and oxygen atoms in total. The number of anilines is 3. The van der Waals surface area contributed by atoms with Crippen molar-refractivity contribution in [3.05, 3.63) is 80.6 Å².